The number of aliphatic hydroxyl groups excluding tert-OH is 1. The number of amides is 1. The smallest absolute Gasteiger partial charge is 0.268 e. The minimum absolute atomic E-state index is 0.0109. The Morgan fingerprint density at radius 3 is 1.24 bits per heavy atom. The first kappa shape index (κ1) is 68.4. The highest BCUT2D eigenvalue weighted by molar-refractivity contribution is 7.45. The van der Waals surface area contributed by atoms with Crippen molar-refractivity contribution >= 4 is 13.7 Å². The fourth-order valence-corrected chi connectivity index (χ4v) is 7.88. The van der Waals surface area contributed by atoms with E-state index in [1.54, 1.807) is 6.08 Å². The van der Waals surface area contributed by atoms with E-state index in [-0.39, 0.29) is 12.5 Å². The molecule has 0 radical (unpaired) electrons. The molecule has 0 aliphatic heterocycles. The van der Waals surface area contributed by atoms with Crippen LogP contribution in [-0.2, 0) is 18.4 Å². The van der Waals surface area contributed by atoms with Gasteiger partial charge in [0.15, 0.2) is 0 Å². The van der Waals surface area contributed by atoms with Gasteiger partial charge in [0, 0.05) is 6.42 Å². The highest BCUT2D eigenvalue weighted by Crippen LogP contribution is 2.38. The molecule has 0 aromatic heterocycles. The van der Waals surface area contributed by atoms with E-state index in [1.165, 1.54) is 51.4 Å². The third-order valence-corrected chi connectivity index (χ3v) is 12.5. The number of hydrogen-bond acceptors (Lipinski definition) is 6. The zero-order chi connectivity index (χ0) is 52.7. The summed E-state index contributed by atoms with van der Waals surface area (Å²) in [7, 11) is 1.23. The number of phosphoric acid groups is 1. The van der Waals surface area contributed by atoms with Gasteiger partial charge in [-0.05, 0) is 103 Å². The molecule has 0 aromatic rings. The van der Waals surface area contributed by atoms with Gasteiger partial charge in [0.1, 0.15) is 13.2 Å². The minimum Gasteiger partial charge on any atom is -0.756 e. The van der Waals surface area contributed by atoms with Crippen LogP contribution in [0.3, 0.4) is 0 Å². The van der Waals surface area contributed by atoms with Gasteiger partial charge in [-0.25, -0.2) is 0 Å². The van der Waals surface area contributed by atoms with Crippen LogP contribution in [0.4, 0.5) is 0 Å². The normalized spacial score (nSPS) is 15.0. The van der Waals surface area contributed by atoms with Crippen molar-refractivity contribution in [1.82, 2.24) is 5.32 Å². The number of phosphoric ester groups is 1. The summed E-state index contributed by atoms with van der Waals surface area (Å²) < 4.78 is 23.2. The average molecular weight is 1020 g/mol. The van der Waals surface area contributed by atoms with Gasteiger partial charge in [-0.15, -0.1) is 0 Å². The molecule has 2 N–H and O–H groups in total. The van der Waals surface area contributed by atoms with E-state index in [9.17, 15) is 19.4 Å². The molecule has 0 saturated heterocycles. The molecule has 72 heavy (non-hydrogen) atoms. The summed E-state index contributed by atoms with van der Waals surface area (Å²) in [6, 6.07) is -0.900. The van der Waals surface area contributed by atoms with E-state index in [2.05, 4.69) is 153 Å². The molecule has 0 spiro atoms. The molecule has 0 aliphatic carbocycles. The maximum absolute atomic E-state index is 12.9. The lowest BCUT2D eigenvalue weighted by molar-refractivity contribution is -0.870. The van der Waals surface area contributed by atoms with Crippen LogP contribution >= 0.6 is 7.82 Å². The van der Waals surface area contributed by atoms with Gasteiger partial charge in [-0.2, -0.15) is 0 Å². The van der Waals surface area contributed by atoms with Crippen molar-refractivity contribution in [3.05, 3.63) is 146 Å². The molecule has 0 saturated carbocycles. The van der Waals surface area contributed by atoms with Crippen LogP contribution in [0.2, 0.25) is 0 Å². The molecular formula is C63H105N2O6P. The van der Waals surface area contributed by atoms with Gasteiger partial charge in [0.25, 0.3) is 7.82 Å². The van der Waals surface area contributed by atoms with E-state index >= 15 is 0 Å². The standard InChI is InChI=1S/C63H105N2O6P/c1-6-8-10-12-14-16-17-18-19-20-21-22-23-24-25-26-27-28-29-30-31-32-33-34-35-36-37-38-39-40-41-42-43-44-45-46-47-49-51-53-55-57-63(67)64-61(60-71-72(68,69)70-59-58-65(3,4)5)62(66)56-54-52-50-48-15-13-11-9-7-2/h8,10,14,16,18-19,21-22,24-25,27-28,30-31,33-34,36-37,39-40,42-43,54,56,61-62,66H,6-7,9,11-13,15,17,20,23,26,29,32,35,38,41,44-53,55,57-60H2,1-5H3,(H-,64,67,68,69)/b10-8-,16-14-,19-18-,22-21-,25-24-,28-27-,31-30-,34-33-,37-36-,40-39-,43-42-,56-54+. The predicted molar refractivity (Wildman–Crippen MR) is 311 cm³/mol. The predicted octanol–water partition coefficient (Wildman–Crippen LogP) is 16.7. The average Bonchev–Trinajstić information content (AvgIpc) is 3.34. The number of carbonyl (C=O) groups excluding carboxylic acids is 1. The summed E-state index contributed by atoms with van der Waals surface area (Å²) in [6.45, 7) is 4.46. The Balaban J connectivity index is 4.08. The van der Waals surface area contributed by atoms with E-state index < -0.39 is 26.6 Å². The molecule has 0 aromatic carbocycles. The van der Waals surface area contributed by atoms with Crippen molar-refractivity contribution in [2.75, 3.05) is 40.9 Å². The number of likely N-dealkylation sites (N-methyl/N-ethyl adjacent to an activating group) is 1. The lowest BCUT2D eigenvalue weighted by Crippen LogP contribution is -2.45. The van der Waals surface area contributed by atoms with Gasteiger partial charge in [0.2, 0.25) is 5.91 Å². The summed E-state index contributed by atoms with van der Waals surface area (Å²) in [5.74, 6) is -0.218. The van der Waals surface area contributed by atoms with Crippen LogP contribution in [0.5, 0.6) is 0 Å². The molecule has 8 nitrogen and oxygen atoms in total. The van der Waals surface area contributed by atoms with Gasteiger partial charge < -0.3 is 28.8 Å². The summed E-state index contributed by atoms with van der Waals surface area (Å²) in [4.78, 5) is 25.3. The van der Waals surface area contributed by atoms with Crippen LogP contribution in [0, 0.1) is 0 Å². The number of rotatable bonds is 49. The molecule has 0 heterocycles. The molecule has 0 rings (SSSR count). The van der Waals surface area contributed by atoms with Crippen LogP contribution in [0.25, 0.3) is 0 Å². The molecule has 3 atom stereocenters. The Labute approximate surface area is 442 Å². The summed E-state index contributed by atoms with van der Waals surface area (Å²) in [5, 5.41) is 13.7. The number of allylic oxidation sites excluding steroid dienone is 23. The number of nitrogens with zero attached hydrogens (tertiary/aromatic N) is 1. The molecule has 1 amide bonds. The second-order valence-corrected chi connectivity index (χ2v) is 21.0. The quantitative estimate of drug-likeness (QED) is 0.0272. The van der Waals surface area contributed by atoms with Gasteiger partial charge >= 0.3 is 0 Å². The minimum atomic E-state index is -4.60. The van der Waals surface area contributed by atoms with Gasteiger partial charge in [0.05, 0.1) is 39.9 Å². The number of aliphatic hydroxyl groups is 1. The van der Waals surface area contributed by atoms with Crippen molar-refractivity contribution in [1.29, 1.82) is 0 Å². The number of unbranched alkanes of at least 4 members (excludes halogenated alkanes) is 14. The molecule has 0 fully saturated rings. The van der Waals surface area contributed by atoms with E-state index in [0.29, 0.717) is 17.4 Å². The molecular weight excluding hydrogens is 912 g/mol. The summed E-state index contributed by atoms with van der Waals surface area (Å²) in [6.07, 6.45) is 80.8. The maximum Gasteiger partial charge on any atom is 0.268 e. The third kappa shape index (κ3) is 54.2. The topological polar surface area (TPSA) is 108 Å². The summed E-state index contributed by atoms with van der Waals surface area (Å²) in [5.41, 5.74) is 0. The van der Waals surface area contributed by atoms with Crippen molar-refractivity contribution in [3.63, 3.8) is 0 Å². The number of quaternary nitrogens is 1. The molecule has 0 aliphatic rings. The molecule has 3 unspecified atom stereocenters. The lowest BCUT2D eigenvalue weighted by atomic mass is 10.1. The van der Waals surface area contributed by atoms with Gasteiger partial charge in [-0.1, -0.05) is 230 Å². The first-order chi connectivity index (χ1) is 35.0. The third-order valence-electron chi connectivity index (χ3n) is 11.6. The Morgan fingerprint density at radius 1 is 0.500 bits per heavy atom. The van der Waals surface area contributed by atoms with Crippen LogP contribution < -0.4 is 10.2 Å². The van der Waals surface area contributed by atoms with E-state index in [1.807, 2.05) is 27.2 Å². The number of hydrogen-bond donors (Lipinski definition) is 2. The van der Waals surface area contributed by atoms with Crippen molar-refractivity contribution < 1.29 is 32.9 Å². The summed E-state index contributed by atoms with van der Waals surface area (Å²) >= 11 is 0. The van der Waals surface area contributed by atoms with Crippen molar-refractivity contribution in [2.45, 2.75) is 206 Å². The Kier molecular flexibility index (Phi) is 49.6. The Morgan fingerprint density at radius 2 is 0.847 bits per heavy atom. The Hall–Kier alpha value is -3.62. The fraction of sp³-hybridized carbons (Fsp3) is 0.603. The van der Waals surface area contributed by atoms with Crippen molar-refractivity contribution in [2.24, 2.45) is 0 Å². The van der Waals surface area contributed by atoms with Crippen LogP contribution in [0.15, 0.2) is 146 Å². The first-order valence-electron chi connectivity index (χ1n) is 28.2. The zero-order valence-electron chi connectivity index (χ0n) is 46.3. The van der Waals surface area contributed by atoms with Crippen LogP contribution in [0.1, 0.15) is 194 Å². The molecule has 408 valence electrons. The Bertz CT molecular complexity index is 1670. The SMILES string of the molecule is CC/C=C\C/C=C\C/C=C\C/C=C\C/C=C\C/C=C\C/C=C\C/C=C\C/C=C\C/C=C\C/C=C\CCCCCCCCCC(=O)NC(COP(=O)([O-])OCC[N+](C)(C)C)C(O)/C=C/CCCCCCCCC. The molecule has 9 heteroatoms. The van der Waals surface area contributed by atoms with Crippen LogP contribution in [-0.4, -0.2) is 68.5 Å². The van der Waals surface area contributed by atoms with E-state index in [4.69, 9.17) is 9.05 Å². The second-order valence-electron chi connectivity index (χ2n) is 19.6. The zero-order valence-corrected chi connectivity index (χ0v) is 47.2. The fourth-order valence-electron chi connectivity index (χ4n) is 7.16. The lowest BCUT2D eigenvalue weighted by Gasteiger charge is -2.29. The van der Waals surface area contributed by atoms with E-state index in [0.717, 1.165) is 122 Å². The van der Waals surface area contributed by atoms with Crippen molar-refractivity contribution in [3.8, 4) is 0 Å². The second kappa shape index (κ2) is 52.3. The largest absolute Gasteiger partial charge is 0.756 e. The highest BCUT2D eigenvalue weighted by atomic mass is 31.2. The highest BCUT2D eigenvalue weighted by Gasteiger charge is 2.23. The molecule has 0 bridgehead atoms. The number of nitrogens with one attached hydrogen (secondary N) is 1. The monoisotopic (exact) mass is 1020 g/mol. The maximum atomic E-state index is 12.9. The van der Waals surface area contributed by atoms with Gasteiger partial charge in [-0.3, -0.25) is 9.36 Å². The first-order valence-corrected chi connectivity index (χ1v) is 29.7. The number of carbonyl (C=O) groups is 1.